The SMILES string of the molecule is Cn1nc(C2CCCC2)nc1C1C2CCC(C2)C1N. The van der Waals surface area contributed by atoms with Crippen LogP contribution in [0.15, 0.2) is 0 Å². The van der Waals surface area contributed by atoms with Crippen molar-refractivity contribution in [3.8, 4) is 0 Å². The fraction of sp³-hybridized carbons (Fsp3) is 0.867. The average molecular weight is 260 g/mol. The summed E-state index contributed by atoms with van der Waals surface area (Å²) in [6.07, 6.45) is 9.21. The lowest BCUT2D eigenvalue weighted by Crippen LogP contribution is -2.35. The van der Waals surface area contributed by atoms with Gasteiger partial charge in [-0.15, -0.1) is 0 Å². The Morgan fingerprint density at radius 3 is 2.53 bits per heavy atom. The van der Waals surface area contributed by atoms with Gasteiger partial charge >= 0.3 is 0 Å². The molecule has 3 aliphatic carbocycles. The summed E-state index contributed by atoms with van der Waals surface area (Å²) in [6, 6.07) is 0.318. The maximum absolute atomic E-state index is 6.45. The quantitative estimate of drug-likeness (QED) is 0.887. The van der Waals surface area contributed by atoms with Crippen LogP contribution in [-0.4, -0.2) is 20.8 Å². The summed E-state index contributed by atoms with van der Waals surface area (Å²) < 4.78 is 2.03. The fourth-order valence-electron chi connectivity index (χ4n) is 4.78. The molecule has 0 aliphatic heterocycles. The number of hydrogen-bond acceptors (Lipinski definition) is 3. The van der Waals surface area contributed by atoms with Crippen molar-refractivity contribution >= 4 is 0 Å². The Balaban J connectivity index is 1.64. The van der Waals surface area contributed by atoms with Gasteiger partial charge < -0.3 is 5.73 Å². The predicted octanol–water partition coefficient (Wildman–Crippen LogP) is 2.31. The Labute approximate surface area is 114 Å². The fourth-order valence-corrected chi connectivity index (χ4v) is 4.78. The van der Waals surface area contributed by atoms with Crippen molar-refractivity contribution in [2.45, 2.75) is 62.8 Å². The number of aryl methyl sites for hydroxylation is 1. The molecule has 0 radical (unpaired) electrons. The molecular formula is C15H24N4. The van der Waals surface area contributed by atoms with E-state index in [2.05, 4.69) is 7.05 Å². The van der Waals surface area contributed by atoms with E-state index in [0.717, 1.165) is 17.7 Å². The number of rotatable bonds is 2. The molecule has 2 bridgehead atoms. The molecule has 0 saturated heterocycles. The van der Waals surface area contributed by atoms with Crippen LogP contribution >= 0.6 is 0 Å². The van der Waals surface area contributed by atoms with Crippen molar-refractivity contribution in [3.05, 3.63) is 11.6 Å². The first-order valence-corrected chi connectivity index (χ1v) is 7.90. The molecule has 4 atom stereocenters. The minimum absolute atomic E-state index is 0.318. The largest absolute Gasteiger partial charge is 0.327 e. The molecule has 4 nitrogen and oxygen atoms in total. The predicted molar refractivity (Wildman–Crippen MR) is 73.8 cm³/mol. The van der Waals surface area contributed by atoms with Crippen molar-refractivity contribution in [1.29, 1.82) is 0 Å². The third kappa shape index (κ3) is 1.76. The smallest absolute Gasteiger partial charge is 0.154 e. The van der Waals surface area contributed by atoms with E-state index in [1.807, 2.05) is 4.68 Å². The standard InChI is InChI=1S/C15H24N4/c1-19-15(12-10-6-7-11(8-10)13(12)16)17-14(18-19)9-4-2-3-5-9/h9-13H,2-8,16H2,1H3. The second kappa shape index (κ2) is 4.30. The summed E-state index contributed by atoms with van der Waals surface area (Å²) in [4.78, 5) is 4.91. The summed E-state index contributed by atoms with van der Waals surface area (Å²) in [6.45, 7) is 0. The van der Waals surface area contributed by atoms with E-state index in [1.54, 1.807) is 0 Å². The number of nitrogens with two attached hydrogens (primary N) is 1. The molecule has 4 rings (SSSR count). The monoisotopic (exact) mass is 260 g/mol. The maximum Gasteiger partial charge on any atom is 0.154 e. The summed E-state index contributed by atoms with van der Waals surface area (Å²) >= 11 is 0. The highest BCUT2D eigenvalue weighted by atomic mass is 15.3. The molecule has 4 heteroatoms. The number of nitrogens with zero attached hydrogens (tertiary/aromatic N) is 3. The van der Waals surface area contributed by atoms with Crippen LogP contribution in [0.3, 0.4) is 0 Å². The number of fused-ring (bicyclic) bond motifs is 2. The van der Waals surface area contributed by atoms with E-state index >= 15 is 0 Å². The Kier molecular flexibility index (Phi) is 2.69. The van der Waals surface area contributed by atoms with E-state index in [9.17, 15) is 0 Å². The van der Waals surface area contributed by atoms with E-state index in [0.29, 0.717) is 17.9 Å². The lowest BCUT2D eigenvalue weighted by molar-refractivity contribution is 0.346. The van der Waals surface area contributed by atoms with Crippen molar-refractivity contribution in [3.63, 3.8) is 0 Å². The van der Waals surface area contributed by atoms with Gasteiger partial charge in [-0.1, -0.05) is 12.8 Å². The molecular weight excluding hydrogens is 236 g/mol. The molecule has 3 saturated carbocycles. The normalized spacial score (nSPS) is 38.4. The lowest BCUT2D eigenvalue weighted by atomic mass is 9.84. The molecule has 19 heavy (non-hydrogen) atoms. The van der Waals surface area contributed by atoms with Gasteiger partial charge in [0, 0.05) is 24.9 Å². The zero-order valence-electron chi connectivity index (χ0n) is 11.8. The molecule has 2 N–H and O–H groups in total. The van der Waals surface area contributed by atoms with E-state index < -0.39 is 0 Å². The summed E-state index contributed by atoms with van der Waals surface area (Å²) in [5.41, 5.74) is 6.45. The van der Waals surface area contributed by atoms with Crippen LogP contribution < -0.4 is 5.73 Å². The van der Waals surface area contributed by atoms with Crippen molar-refractivity contribution in [1.82, 2.24) is 14.8 Å². The molecule has 0 aromatic carbocycles. The topological polar surface area (TPSA) is 56.7 Å². The van der Waals surface area contributed by atoms with Gasteiger partial charge in [0.15, 0.2) is 5.82 Å². The third-order valence-corrected chi connectivity index (χ3v) is 5.81. The van der Waals surface area contributed by atoms with Crippen LogP contribution in [-0.2, 0) is 7.05 Å². The zero-order valence-corrected chi connectivity index (χ0v) is 11.8. The molecule has 1 aromatic rings. The van der Waals surface area contributed by atoms with E-state index in [1.165, 1.54) is 50.8 Å². The first-order valence-electron chi connectivity index (χ1n) is 7.90. The van der Waals surface area contributed by atoms with E-state index in [-0.39, 0.29) is 0 Å². The van der Waals surface area contributed by atoms with Gasteiger partial charge in [-0.05, 0) is 43.9 Å². The van der Waals surface area contributed by atoms with Gasteiger partial charge in [-0.3, -0.25) is 4.68 Å². The Morgan fingerprint density at radius 1 is 1.11 bits per heavy atom. The van der Waals surface area contributed by atoms with Crippen LogP contribution in [0, 0.1) is 11.8 Å². The first-order chi connectivity index (χ1) is 9.24. The van der Waals surface area contributed by atoms with Gasteiger partial charge in [0.25, 0.3) is 0 Å². The van der Waals surface area contributed by atoms with Crippen molar-refractivity contribution in [2.24, 2.45) is 24.6 Å². The molecule has 1 heterocycles. The van der Waals surface area contributed by atoms with E-state index in [4.69, 9.17) is 15.8 Å². The van der Waals surface area contributed by atoms with Gasteiger partial charge in [-0.2, -0.15) is 5.10 Å². The van der Waals surface area contributed by atoms with Gasteiger partial charge in [0.1, 0.15) is 5.82 Å². The van der Waals surface area contributed by atoms with Gasteiger partial charge in [0.2, 0.25) is 0 Å². The molecule has 3 fully saturated rings. The Hall–Kier alpha value is -0.900. The summed E-state index contributed by atoms with van der Waals surface area (Å²) in [5.74, 6) is 4.83. The molecule has 1 aromatic heterocycles. The first kappa shape index (κ1) is 11.9. The molecule has 0 spiro atoms. The second-order valence-electron chi connectivity index (χ2n) is 6.87. The van der Waals surface area contributed by atoms with Gasteiger partial charge in [-0.25, -0.2) is 4.98 Å². The van der Waals surface area contributed by atoms with Crippen LogP contribution in [0.2, 0.25) is 0 Å². The molecule has 3 aliphatic rings. The average Bonchev–Trinajstić information content (AvgIpc) is 3.11. The maximum atomic E-state index is 6.45. The minimum Gasteiger partial charge on any atom is -0.327 e. The van der Waals surface area contributed by atoms with Crippen LogP contribution in [0.5, 0.6) is 0 Å². The summed E-state index contributed by atoms with van der Waals surface area (Å²) in [7, 11) is 2.06. The highest BCUT2D eigenvalue weighted by molar-refractivity contribution is 5.15. The zero-order chi connectivity index (χ0) is 13.0. The number of hydrogen-bond donors (Lipinski definition) is 1. The summed E-state index contributed by atoms with van der Waals surface area (Å²) in [5, 5.41) is 4.71. The van der Waals surface area contributed by atoms with Gasteiger partial charge in [0.05, 0.1) is 0 Å². The van der Waals surface area contributed by atoms with Crippen molar-refractivity contribution < 1.29 is 0 Å². The minimum atomic E-state index is 0.318. The lowest BCUT2D eigenvalue weighted by Gasteiger charge is -2.26. The second-order valence-corrected chi connectivity index (χ2v) is 6.87. The van der Waals surface area contributed by atoms with Crippen LogP contribution in [0.25, 0.3) is 0 Å². The highest BCUT2D eigenvalue weighted by Crippen LogP contribution is 2.51. The van der Waals surface area contributed by atoms with Crippen LogP contribution in [0.4, 0.5) is 0 Å². The van der Waals surface area contributed by atoms with Crippen molar-refractivity contribution in [2.75, 3.05) is 0 Å². The molecule has 4 unspecified atom stereocenters. The Bertz CT molecular complexity index is 472. The van der Waals surface area contributed by atoms with Crippen LogP contribution in [0.1, 0.15) is 68.4 Å². The molecule has 0 amide bonds. The highest BCUT2D eigenvalue weighted by Gasteiger charge is 2.48. The third-order valence-electron chi connectivity index (χ3n) is 5.81. The molecule has 104 valence electrons. The number of aromatic nitrogens is 3. The Morgan fingerprint density at radius 2 is 1.84 bits per heavy atom.